The van der Waals surface area contributed by atoms with Gasteiger partial charge in [0, 0.05) is 50.4 Å². The fourth-order valence-corrected chi connectivity index (χ4v) is 9.94. The van der Waals surface area contributed by atoms with E-state index in [-0.39, 0.29) is 17.1 Å². The zero-order valence-electron chi connectivity index (χ0n) is 41.0. The molecule has 2 aliphatic heterocycles. The predicted octanol–water partition coefficient (Wildman–Crippen LogP) is 9.82. The van der Waals surface area contributed by atoms with Crippen molar-refractivity contribution in [2.45, 2.75) is 71.4 Å². The van der Waals surface area contributed by atoms with Gasteiger partial charge < -0.3 is 28.5 Å². The Labute approximate surface area is 411 Å². The monoisotopic (exact) mass is 949 g/mol. The number of hydrogen-bond acceptors (Lipinski definition) is 9. The van der Waals surface area contributed by atoms with Crippen LogP contribution >= 0.6 is 0 Å². The second-order valence-corrected chi connectivity index (χ2v) is 18.5. The van der Waals surface area contributed by atoms with Crippen LogP contribution in [-0.4, -0.2) is 96.1 Å². The number of methoxy groups -OCH3 is 2. The Kier molecular flexibility index (Phi) is 18.0. The highest BCUT2D eigenvalue weighted by Gasteiger charge is 2.42. The summed E-state index contributed by atoms with van der Waals surface area (Å²) in [5.74, 6) is 0.594. The van der Waals surface area contributed by atoms with Crippen molar-refractivity contribution in [1.82, 2.24) is 18.9 Å². The molecule has 12 heteroatoms. The first-order chi connectivity index (χ1) is 34.0. The SMILES string of the molecule is CCOC(=O)C1(CCCn2c(=O)ccc3ccc(OC)cc32)CCN(C/C=C/c2ccccc2)CC1.COc1ccc2ccc(=O)n(CCCC3(C(=O)O)CCN(C/C=C/c4ccccc4)CC3)c2c1. The van der Waals surface area contributed by atoms with Crippen molar-refractivity contribution < 1.29 is 28.9 Å². The van der Waals surface area contributed by atoms with Crippen molar-refractivity contribution in [2.24, 2.45) is 10.8 Å². The maximum absolute atomic E-state index is 13.1. The predicted molar refractivity (Wildman–Crippen MR) is 279 cm³/mol. The average Bonchev–Trinajstić information content (AvgIpc) is 3.39. The Morgan fingerprint density at radius 2 is 1.00 bits per heavy atom. The first-order valence-corrected chi connectivity index (χ1v) is 24.7. The number of nitrogens with zero attached hydrogens (tertiary/aromatic N) is 4. The van der Waals surface area contributed by atoms with E-state index in [4.69, 9.17) is 14.2 Å². The number of rotatable bonds is 19. The van der Waals surface area contributed by atoms with Crippen LogP contribution in [0.2, 0.25) is 0 Å². The van der Waals surface area contributed by atoms with E-state index in [1.165, 1.54) is 11.1 Å². The first-order valence-electron chi connectivity index (χ1n) is 24.7. The summed E-state index contributed by atoms with van der Waals surface area (Å²) in [4.78, 5) is 55.3. The topological polar surface area (TPSA) is 133 Å². The molecule has 0 amide bonds. The van der Waals surface area contributed by atoms with Crippen LogP contribution in [0.1, 0.15) is 69.4 Å². The van der Waals surface area contributed by atoms with E-state index < -0.39 is 16.8 Å². The van der Waals surface area contributed by atoms with Crippen LogP contribution < -0.4 is 20.6 Å². The maximum Gasteiger partial charge on any atom is 0.312 e. The minimum atomic E-state index is -0.731. The number of carbonyl (C=O) groups excluding carboxylic acids is 1. The van der Waals surface area contributed by atoms with Crippen molar-refractivity contribution in [1.29, 1.82) is 0 Å². The van der Waals surface area contributed by atoms with E-state index in [0.29, 0.717) is 57.6 Å². The number of aliphatic carboxylic acids is 1. The second-order valence-electron chi connectivity index (χ2n) is 18.5. The van der Waals surface area contributed by atoms with Crippen molar-refractivity contribution in [3.63, 3.8) is 0 Å². The van der Waals surface area contributed by atoms with Crippen LogP contribution in [0.25, 0.3) is 34.0 Å². The zero-order chi connectivity index (χ0) is 49.4. The number of ether oxygens (including phenoxy) is 3. The van der Waals surface area contributed by atoms with Gasteiger partial charge in [-0.05, 0) is 143 Å². The van der Waals surface area contributed by atoms with Crippen molar-refractivity contribution in [3.8, 4) is 11.5 Å². The summed E-state index contributed by atoms with van der Waals surface area (Å²) in [6.45, 7) is 8.18. The van der Waals surface area contributed by atoms with E-state index in [0.717, 1.165) is 86.1 Å². The number of likely N-dealkylation sites (tertiary alicyclic amines) is 2. The zero-order valence-corrected chi connectivity index (χ0v) is 41.0. The average molecular weight is 949 g/mol. The fourth-order valence-electron chi connectivity index (χ4n) is 9.94. The lowest BCUT2D eigenvalue weighted by Crippen LogP contribution is -2.45. The van der Waals surface area contributed by atoms with Crippen LogP contribution in [-0.2, 0) is 27.4 Å². The maximum atomic E-state index is 13.1. The Morgan fingerprint density at radius 3 is 1.41 bits per heavy atom. The summed E-state index contributed by atoms with van der Waals surface area (Å²) < 4.78 is 19.7. The summed E-state index contributed by atoms with van der Waals surface area (Å²) in [5, 5.41) is 12.0. The number of esters is 1. The van der Waals surface area contributed by atoms with Crippen molar-refractivity contribution in [3.05, 3.63) is 165 Å². The number of pyridine rings is 2. The van der Waals surface area contributed by atoms with Gasteiger partial charge in [-0.1, -0.05) is 85.0 Å². The summed E-state index contributed by atoms with van der Waals surface area (Å²) in [6.07, 6.45) is 14.0. The number of fused-ring (bicyclic) bond motifs is 2. The van der Waals surface area contributed by atoms with Gasteiger partial charge in [-0.2, -0.15) is 0 Å². The highest BCUT2D eigenvalue weighted by atomic mass is 16.5. The number of piperidine rings is 2. The lowest BCUT2D eigenvalue weighted by atomic mass is 9.74. The molecule has 368 valence electrons. The lowest BCUT2D eigenvalue weighted by molar-refractivity contribution is -0.159. The summed E-state index contributed by atoms with van der Waals surface area (Å²) in [5.41, 5.74) is 2.68. The number of carboxylic acids is 1. The molecule has 4 heterocycles. The van der Waals surface area contributed by atoms with Crippen LogP contribution in [0.5, 0.6) is 11.5 Å². The molecule has 12 nitrogen and oxygen atoms in total. The third-order valence-electron chi connectivity index (χ3n) is 14.2. The number of benzene rings is 4. The minimum Gasteiger partial charge on any atom is -0.497 e. The van der Waals surface area contributed by atoms with E-state index in [9.17, 15) is 24.3 Å². The standard InChI is InChI=1S/C30H36N2O4.C28H32N2O4/c1-3-36-29(34)30(17-21-31(22-18-30)19-7-11-24-9-5-4-6-10-24)16-8-20-32-27-23-26(35-2)14-12-25(27)13-15-28(32)33;1-34-24-12-10-23-11-13-26(31)30(25(23)21-24)18-6-14-28(27(32)33)15-19-29(20-16-28)17-5-9-22-7-3-2-4-8-22/h4-7,9-15,23H,3,8,16-22H2,1-2H3;2-5,7-13,21H,6,14-20H2,1H3,(H,32,33)/b11-7+;9-5+. The van der Waals surface area contributed by atoms with Crippen LogP contribution in [0.3, 0.4) is 0 Å². The smallest absolute Gasteiger partial charge is 0.312 e. The van der Waals surface area contributed by atoms with Gasteiger partial charge in [-0.3, -0.25) is 29.0 Å². The highest BCUT2D eigenvalue weighted by Crippen LogP contribution is 2.39. The summed E-state index contributed by atoms with van der Waals surface area (Å²) in [7, 11) is 3.23. The molecule has 8 rings (SSSR count). The third kappa shape index (κ3) is 13.1. The lowest BCUT2D eigenvalue weighted by Gasteiger charge is -2.39. The molecule has 0 aliphatic carbocycles. The summed E-state index contributed by atoms with van der Waals surface area (Å²) in [6, 6.07) is 38.7. The Bertz CT molecular complexity index is 2840. The van der Waals surface area contributed by atoms with Gasteiger partial charge in [0.15, 0.2) is 0 Å². The number of carbonyl (C=O) groups is 2. The second kappa shape index (κ2) is 24.7. The largest absolute Gasteiger partial charge is 0.497 e. The molecule has 2 saturated heterocycles. The molecule has 70 heavy (non-hydrogen) atoms. The third-order valence-corrected chi connectivity index (χ3v) is 14.2. The molecule has 0 unspecified atom stereocenters. The molecular weight excluding hydrogens is 881 g/mol. The first kappa shape index (κ1) is 51.1. The molecule has 2 aliphatic rings. The normalized spacial score (nSPS) is 16.0. The Morgan fingerprint density at radius 1 is 0.586 bits per heavy atom. The molecule has 2 fully saturated rings. The molecule has 0 spiro atoms. The molecule has 0 saturated carbocycles. The number of hydrogen-bond donors (Lipinski definition) is 1. The highest BCUT2D eigenvalue weighted by molar-refractivity contribution is 5.81. The van der Waals surface area contributed by atoms with Gasteiger partial charge in [-0.15, -0.1) is 0 Å². The minimum absolute atomic E-state index is 0.0408. The number of carboxylic acid groups (broad SMARTS) is 1. The summed E-state index contributed by atoms with van der Waals surface area (Å²) >= 11 is 0. The Hall–Kier alpha value is -6.76. The van der Waals surface area contributed by atoms with Gasteiger partial charge in [0.05, 0.1) is 42.7 Å². The molecule has 6 aromatic rings. The van der Waals surface area contributed by atoms with Crippen LogP contribution in [0.15, 0.2) is 143 Å². The van der Waals surface area contributed by atoms with E-state index in [1.807, 2.05) is 91.9 Å². The van der Waals surface area contributed by atoms with Crippen molar-refractivity contribution in [2.75, 3.05) is 60.1 Å². The number of aromatic nitrogens is 2. The molecule has 4 aromatic carbocycles. The van der Waals surface area contributed by atoms with Gasteiger partial charge in [0.2, 0.25) is 0 Å². The van der Waals surface area contributed by atoms with Crippen LogP contribution in [0.4, 0.5) is 0 Å². The van der Waals surface area contributed by atoms with E-state index in [1.54, 1.807) is 35.5 Å². The van der Waals surface area contributed by atoms with Crippen molar-refractivity contribution >= 4 is 45.9 Å². The molecule has 0 atom stereocenters. The number of aryl methyl sites for hydroxylation is 2. The fraction of sp³-hybridized carbons (Fsp3) is 0.379. The van der Waals surface area contributed by atoms with Gasteiger partial charge in [-0.25, -0.2) is 0 Å². The van der Waals surface area contributed by atoms with E-state index >= 15 is 0 Å². The van der Waals surface area contributed by atoms with Gasteiger partial charge >= 0.3 is 11.9 Å². The molecule has 0 bridgehead atoms. The van der Waals surface area contributed by atoms with Crippen LogP contribution in [0, 0.1) is 10.8 Å². The van der Waals surface area contributed by atoms with Gasteiger partial charge in [0.1, 0.15) is 11.5 Å². The molecule has 0 radical (unpaired) electrons. The van der Waals surface area contributed by atoms with E-state index in [2.05, 4.69) is 58.4 Å². The Balaban J connectivity index is 0.000000207. The van der Waals surface area contributed by atoms with Gasteiger partial charge in [0.25, 0.3) is 11.1 Å². The quantitative estimate of drug-likeness (QED) is 0.0783. The molecule has 2 aromatic heterocycles. The molecular formula is C58H68N4O8. The molecule has 1 N–H and O–H groups in total.